The van der Waals surface area contributed by atoms with Crippen LogP contribution >= 0.6 is 0 Å². The highest BCUT2D eigenvalue weighted by molar-refractivity contribution is 5.90. The second kappa shape index (κ2) is 18.0. The third kappa shape index (κ3) is 10.9. The fourth-order valence-corrected chi connectivity index (χ4v) is 3.62. The first kappa shape index (κ1) is 36.2. The maximum atomic E-state index is 11.3. The Hall–Kier alpha value is -6.99. The molecule has 0 unspecified atom stereocenters. The highest BCUT2D eigenvalue weighted by Gasteiger charge is 2.14. The van der Waals surface area contributed by atoms with E-state index in [0.29, 0.717) is 22.3 Å². The molecule has 0 amide bonds. The minimum atomic E-state index is -0.577. The molecule has 13 heteroatoms. The number of carbonyl (C=O) groups excluding carboxylic acids is 3. The van der Waals surface area contributed by atoms with Crippen molar-refractivity contribution in [3.63, 3.8) is 0 Å². The normalized spacial score (nSPS) is 9.64. The van der Waals surface area contributed by atoms with Crippen molar-refractivity contribution in [2.24, 2.45) is 0 Å². The van der Waals surface area contributed by atoms with Crippen LogP contribution in [0.2, 0.25) is 0 Å². The molecule has 0 aromatic heterocycles. The van der Waals surface area contributed by atoms with Gasteiger partial charge in [-0.1, -0.05) is 54.1 Å². The zero-order chi connectivity index (χ0) is 34.9. The molecule has 0 saturated carbocycles. The van der Waals surface area contributed by atoms with E-state index < -0.39 is 21.8 Å². The predicted octanol–water partition coefficient (Wildman–Crippen LogP) is 7.84. The van der Waals surface area contributed by atoms with Crippen molar-refractivity contribution in [3.8, 4) is 0 Å². The van der Waals surface area contributed by atoms with Crippen LogP contribution in [-0.4, -0.2) is 42.3 Å². The Morgan fingerprint density at radius 2 is 1.06 bits per heavy atom. The van der Waals surface area contributed by atoms with Gasteiger partial charge in [0, 0.05) is 17.7 Å². The van der Waals surface area contributed by atoms with E-state index in [1.54, 1.807) is 79.7 Å². The fraction of sp³-hybridized carbons (Fsp3) is 0.0882. The van der Waals surface area contributed by atoms with E-state index in [2.05, 4.69) is 19.2 Å². The molecule has 0 radical (unpaired) electrons. The van der Waals surface area contributed by atoms with Gasteiger partial charge in [-0.25, -0.2) is 19.3 Å². The van der Waals surface area contributed by atoms with Gasteiger partial charge < -0.3 is 9.47 Å². The molecule has 0 aliphatic carbocycles. The van der Waals surface area contributed by atoms with Crippen LogP contribution in [0.15, 0.2) is 84.9 Å². The molecule has 0 spiro atoms. The van der Waals surface area contributed by atoms with Gasteiger partial charge in [0.2, 0.25) is 0 Å². The molecule has 13 nitrogen and oxygen atoms in total. The van der Waals surface area contributed by atoms with Crippen LogP contribution in [0.1, 0.15) is 47.8 Å². The molecule has 236 valence electrons. The zero-order valence-corrected chi connectivity index (χ0v) is 25.3. The lowest BCUT2D eigenvalue weighted by molar-refractivity contribution is -0.384. The van der Waals surface area contributed by atoms with Crippen molar-refractivity contribution in [2.45, 2.75) is 6.92 Å². The van der Waals surface area contributed by atoms with E-state index in [4.69, 9.17) is 13.1 Å². The summed E-state index contributed by atoms with van der Waals surface area (Å²) in [5, 5.41) is 21.1. The monoisotopic (exact) mass is 634 g/mol. The van der Waals surface area contributed by atoms with Crippen molar-refractivity contribution in [3.05, 3.63) is 161 Å². The minimum absolute atomic E-state index is 0.00168. The molecular weight excluding hydrogens is 608 g/mol. The van der Waals surface area contributed by atoms with Crippen molar-refractivity contribution >= 4 is 53.1 Å². The van der Waals surface area contributed by atoms with Gasteiger partial charge in [-0.3, -0.25) is 25.0 Å². The second-order valence-electron chi connectivity index (χ2n) is 9.16. The summed E-state index contributed by atoms with van der Waals surface area (Å²) in [6, 6.07) is 21.9. The first-order valence-electron chi connectivity index (χ1n) is 13.3. The van der Waals surface area contributed by atoms with E-state index in [9.17, 15) is 34.6 Å². The maximum absolute atomic E-state index is 11.3. The van der Waals surface area contributed by atoms with Gasteiger partial charge >= 0.3 is 11.9 Å². The molecule has 4 aromatic rings. The van der Waals surface area contributed by atoms with Crippen LogP contribution < -0.4 is 0 Å². The summed E-state index contributed by atoms with van der Waals surface area (Å²) in [6.45, 7) is 15.5. The molecule has 0 aliphatic rings. The number of hydrogen-bond donors (Lipinski definition) is 0. The highest BCUT2D eigenvalue weighted by Crippen LogP contribution is 2.29. The van der Waals surface area contributed by atoms with Crippen molar-refractivity contribution in [1.82, 2.24) is 0 Å². The maximum Gasteiger partial charge on any atom is 0.337 e. The largest absolute Gasteiger partial charge is 0.465 e. The number of esters is 2. The Balaban J connectivity index is 0.000000270. The Labute approximate surface area is 269 Å². The SMILES string of the molecule is COC(=O)c1ccc(C=O)cc1.[C-]#[N+]c1cc(C)ccc1[N+](=O)[O-].[C-]#[N+]c1cc(C=Cc2ccc(C(=O)OC)cc2)ccc1[N+](=O)[O-]. The molecule has 0 N–H and O–H groups in total. The second-order valence-corrected chi connectivity index (χ2v) is 9.16. The standard InChI is InChI=1S/C17H12N2O4.C9H8O3.C8H6N2O2/c1-18-15-11-13(7-10-16(15)19(21)22)4-3-12-5-8-14(9-6-12)17(20)23-2;1-12-9(11)8-4-2-7(6-10)3-5-8;1-6-3-4-8(10(11)12)7(5-6)9-2/h3-11H,2H3;2-6H,1H3;3-5H,1H3. The van der Waals surface area contributed by atoms with E-state index in [1.165, 1.54) is 38.5 Å². The summed E-state index contributed by atoms with van der Waals surface area (Å²) in [4.78, 5) is 58.7. The Morgan fingerprint density at radius 3 is 1.49 bits per heavy atom. The summed E-state index contributed by atoms with van der Waals surface area (Å²) in [6.07, 6.45) is 4.25. The number of nitro groups is 2. The number of hydrogen-bond acceptors (Lipinski definition) is 9. The van der Waals surface area contributed by atoms with E-state index >= 15 is 0 Å². The van der Waals surface area contributed by atoms with E-state index in [1.807, 2.05) is 0 Å². The average molecular weight is 635 g/mol. The van der Waals surface area contributed by atoms with Gasteiger partial charge in [0.1, 0.15) is 6.29 Å². The quantitative estimate of drug-likeness (QED) is 0.0491. The number of ether oxygens (including phenoxy) is 2. The summed E-state index contributed by atoms with van der Waals surface area (Å²) in [5.41, 5.74) is 3.58. The number of benzene rings is 4. The summed E-state index contributed by atoms with van der Waals surface area (Å²) in [5.74, 6) is -0.801. The molecule has 4 rings (SSSR count). The minimum Gasteiger partial charge on any atom is -0.465 e. The number of nitrogens with zero attached hydrogens (tertiary/aromatic N) is 4. The van der Waals surface area contributed by atoms with Crippen molar-refractivity contribution in [1.29, 1.82) is 0 Å². The lowest BCUT2D eigenvalue weighted by Gasteiger charge is -2.00. The summed E-state index contributed by atoms with van der Waals surface area (Å²) < 4.78 is 9.10. The highest BCUT2D eigenvalue weighted by atomic mass is 16.6. The molecule has 4 aromatic carbocycles. The van der Waals surface area contributed by atoms with Gasteiger partial charge in [0.15, 0.2) is 0 Å². The Morgan fingerprint density at radius 1 is 0.660 bits per heavy atom. The number of nitro benzene ring substituents is 2. The van der Waals surface area contributed by atoms with Gasteiger partial charge in [-0.2, -0.15) is 0 Å². The van der Waals surface area contributed by atoms with Crippen LogP contribution in [0.4, 0.5) is 22.7 Å². The van der Waals surface area contributed by atoms with Crippen LogP contribution in [0, 0.1) is 40.3 Å². The Bertz CT molecular complexity index is 1890. The lowest BCUT2D eigenvalue weighted by Crippen LogP contribution is -2.00. The fourth-order valence-electron chi connectivity index (χ4n) is 3.62. The number of carbonyl (C=O) groups is 3. The van der Waals surface area contributed by atoms with Crippen LogP contribution in [-0.2, 0) is 9.47 Å². The van der Waals surface area contributed by atoms with Crippen molar-refractivity contribution in [2.75, 3.05) is 14.2 Å². The number of aryl methyl sites for hydroxylation is 1. The number of methoxy groups -OCH3 is 2. The smallest absolute Gasteiger partial charge is 0.337 e. The summed E-state index contributed by atoms with van der Waals surface area (Å²) in [7, 11) is 2.63. The van der Waals surface area contributed by atoms with Crippen molar-refractivity contribution < 1.29 is 33.7 Å². The van der Waals surface area contributed by atoms with Gasteiger partial charge in [0.25, 0.3) is 22.7 Å². The van der Waals surface area contributed by atoms with Crippen LogP contribution in [0.5, 0.6) is 0 Å². The van der Waals surface area contributed by atoms with Gasteiger partial charge in [0.05, 0.1) is 48.3 Å². The molecule has 0 bridgehead atoms. The number of rotatable bonds is 7. The van der Waals surface area contributed by atoms with Gasteiger partial charge in [-0.15, -0.1) is 0 Å². The third-order valence-electron chi connectivity index (χ3n) is 6.03. The summed E-state index contributed by atoms with van der Waals surface area (Å²) >= 11 is 0. The van der Waals surface area contributed by atoms with Crippen LogP contribution in [0.25, 0.3) is 21.8 Å². The lowest BCUT2D eigenvalue weighted by atomic mass is 10.1. The first-order chi connectivity index (χ1) is 22.5. The first-order valence-corrected chi connectivity index (χ1v) is 13.3. The van der Waals surface area contributed by atoms with Crippen LogP contribution in [0.3, 0.4) is 0 Å². The zero-order valence-electron chi connectivity index (χ0n) is 25.3. The molecule has 0 fully saturated rings. The molecule has 0 heterocycles. The molecule has 0 atom stereocenters. The molecule has 0 saturated heterocycles. The van der Waals surface area contributed by atoms with Gasteiger partial charge in [-0.05, 0) is 54.4 Å². The molecular formula is C34H26N4O9. The number of aldehydes is 1. The Kier molecular flexibility index (Phi) is 13.8. The predicted molar refractivity (Wildman–Crippen MR) is 173 cm³/mol. The molecule has 47 heavy (non-hydrogen) atoms. The molecule has 0 aliphatic heterocycles. The topological polar surface area (TPSA) is 165 Å². The average Bonchev–Trinajstić information content (AvgIpc) is 3.10. The van der Waals surface area contributed by atoms with E-state index in [-0.39, 0.29) is 22.7 Å². The van der Waals surface area contributed by atoms with E-state index in [0.717, 1.165) is 17.4 Å². The third-order valence-corrected chi connectivity index (χ3v) is 6.03.